The Kier molecular flexibility index (Phi) is 5.15. The Balaban J connectivity index is 1.71. The average molecular weight is 361 g/mol. The summed E-state index contributed by atoms with van der Waals surface area (Å²) in [5.74, 6) is -0.699. The number of hydrogen-bond donors (Lipinski definition) is 1. The molecule has 0 saturated carbocycles. The molecule has 1 heterocycles. The Morgan fingerprint density at radius 1 is 1.15 bits per heavy atom. The van der Waals surface area contributed by atoms with Crippen molar-refractivity contribution in [2.45, 2.75) is 6.61 Å². The van der Waals surface area contributed by atoms with Gasteiger partial charge < -0.3 is 14.5 Å². The molecular weight excluding hydrogens is 349 g/mol. The summed E-state index contributed by atoms with van der Waals surface area (Å²) < 4.78 is 24.2. The third kappa shape index (κ3) is 4.12. The lowest BCUT2D eigenvalue weighted by Crippen LogP contribution is -2.14. The number of nitriles is 2. The fourth-order valence-corrected chi connectivity index (χ4v) is 2.34. The predicted octanol–water partition coefficient (Wildman–Crippen LogP) is 3.99. The Morgan fingerprint density at radius 3 is 2.78 bits per heavy atom. The molecule has 1 amide bonds. The summed E-state index contributed by atoms with van der Waals surface area (Å²) in [6.45, 7) is 0.0565. The molecule has 132 valence electrons. The summed E-state index contributed by atoms with van der Waals surface area (Å²) in [6.07, 6.45) is 1.35. The number of benzene rings is 2. The van der Waals surface area contributed by atoms with E-state index in [1.165, 1.54) is 18.4 Å². The summed E-state index contributed by atoms with van der Waals surface area (Å²) in [5.41, 5.74) is 1.05. The highest BCUT2D eigenvalue weighted by Gasteiger charge is 2.17. The zero-order chi connectivity index (χ0) is 19.2. The van der Waals surface area contributed by atoms with Crippen LogP contribution in [0, 0.1) is 28.5 Å². The van der Waals surface area contributed by atoms with Crippen molar-refractivity contribution in [3.63, 3.8) is 0 Å². The molecule has 0 fully saturated rings. The number of hydrogen-bond acceptors (Lipinski definition) is 5. The summed E-state index contributed by atoms with van der Waals surface area (Å²) >= 11 is 0. The Morgan fingerprint density at radius 2 is 2.00 bits per heavy atom. The zero-order valence-corrected chi connectivity index (χ0v) is 13.9. The average Bonchev–Trinajstić information content (AvgIpc) is 3.16. The lowest BCUT2D eigenvalue weighted by Gasteiger charge is -2.08. The van der Waals surface area contributed by atoms with Crippen molar-refractivity contribution in [3.8, 4) is 17.9 Å². The maximum Gasteiger partial charge on any atom is 0.291 e. The number of anilines is 1. The molecule has 3 rings (SSSR count). The number of furan rings is 1. The van der Waals surface area contributed by atoms with E-state index in [0.29, 0.717) is 16.9 Å². The fourth-order valence-electron chi connectivity index (χ4n) is 2.34. The smallest absolute Gasteiger partial charge is 0.291 e. The second-order valence-electron chi connectivity index (χ2n) is 5.46. The molecule has 1 aromatic heterocycles. The van der Waals surface area contributed by atoms with Gasteiger partial charge in [-0.1, -0.05) is 6.07 Å². The Labute approximate surface area is 154 Å². The molecule has 27 heavy (non-hydrogen) atoms. The van der Waals surface area contributed by atoms with Gasteiger partial charge in [-0.05, 0) is 42.5 Å². The first-order valence-electron chi connectivity index (χ1n) is 7.81. The standard InChI is InChI=1S/C20H12FN3O3/c21-18-5-4-16(9-15(18)11-23)24-20(25)19-14(6-7-26-19)12-27-17-3-1-2-13(8-17)10-22/h1-9H,12H2,(H,24,25). The molecule has 0 unspecified atom stereocenters. The molecule has 3 aromatic rings. The van der Waals surface area contributed by atoms with Crippen molar-refractivity contribution < 1.29 is 18.3 Å². The number of amides is 1. The monoisotopic (exact) mass is 361 g/mol. The molecular formula is C20H12FN3O3. The molecule has 0 aliphatic rings. The second-order valence-corrected chi connectivity index (χ2v) is 5.46. The first kappa shape index (κ1) is 17.7. The number of nitrogens with one attached hydrogen (secondary N) is 1. The van der Waals surface area contributed by atoms with Gasteiger partial charge in [-0.3, -0.25) is 4.79 Å². The van der Waals surface area contributed by atoms with E-state index in [2.05, 4.69) is 5.32 Å². The van der Waals surface area contributed by atoms with Crippen molar-refractivity contribution in [2.75, 3.05) is 5.32 Å². The van der Waals surface area contributed by atoms with Gasteiger partial charge in [0.25, 0.3) is 5.91 Å². The quantitative estimate of drug-likeness (QED) is 0.741. The van der Waals surface area contributed by atoms with E-state index in [4.69, 9.17) is 19.7 Å². The van der Waals surface area contributed by atoms with Crippen LogP contribution >= 0.6 is 0 Å². The third-order valence-electron chi connectivity index (χ3n) is 3.66. The van der Waals surface area contributed by atoms with Gasteiger partial charge in [-0.25, -0.2) is 4.39 Å². The van der Waals surface area contributed by atoms with Crippen molar-refractivity contribution in [1.29, 1.82) is 10.5 Å². The van der Waals surface area contributed by atoms with Gasteiger partial charge in [0.15, 0.2) is 5.76 Å². The van der Waals surface area contributed by atoms with Gasteiger partial charge in [0, 0.05) is 11.3 Å². The lowest BCUT2D eigenvalue weighted by molar-refractivity contribution is 0.0993. The minimum Gasteiger partial charge on any atom is -0.489 e. The molecule has 7 heteroatoms. The van der Waals surface area contributed by atoms with Gasteiger partial charge in [0.1, 0.15) is 24.2 Å². The van der Waals surface area contributed by atoms with Crippen LogP contribution in [0.1, 0.15) is 27.2 Å². The molecule has 0 bridgehead atoms. The van der Waals surface area contributed by atoms with Gasteiger partial charge in [0.2, 0.25) is 0 Å². The van der Waals surface area contributed by atoms with E-state index in [1.807, 2.05) is 6.07 Å². The van der Waals surface area contributed by atoms with Crippen LogP contribution in [0.25, 0.3) is 0 Å². The topological polar surface area (TPSA) is 99.0 Å². The maximum absolute atomic E-state index is 13.4. The molecule has 2 aromatic carbocycles. The van der Waals surface area contributed by atoms with E-state index < -0.39 is 11.7 Å². The molecule has 0 aliphatic heterocycles. The Bertz CT molecular complexity index is 1080. The van der Waals surface area contributed by atoms with E-state index >= 15 is 0 Å². The van der Waals surface area contributed by atoms with Gasteiger partial charge in [-0.15, -0.1) is 0 Å². The van der Waals surface area contributed by atoms with Crippen LogP contribution in [0.4, 0.5) is 10.1 Å². The summed E-state index contributed by atoms with van der Waals surface area (Å²) in [7, 11) is 0. The molecule has 0 atom stereocenters. The highest BCUT2D eigenvalue weighted by molar-refractivity contribution is 6.03. The molecule has 0 radical (unpaired) electrons. The van der Waals surface area contributed by atoms with Crippen molar-refractivity contribution in [1.82, 2.24) is 0 Å². The number of ether oxygens (including phenoxy) is 1. The number of nitrogens with zero attached hydrogens (tertiary/aromatic N) is 2. The van der Waals surface area contributed by atoms with Crippen LogP contribution in [-0.4, -0.2) is 5.91 Å². The van der Waals surface area contributed by atoms with Crippen molar-refractivity contribution >= 4 is 11.6 Å². The zero-order valence-electron chi connectivity index (χ0n) is 13.9. The normalized spacial score (nSPS) is 9.89. The maximum atomic E-state index is 13.4. The molecule has 0 aliphatic carbocycles. The number of carbonyl (C=O) groups excluding carboxylic acids is 1. The molecule has 0 spiro atoms. The Hall–Kier alpha value is -4.10. The van der Waals surface area contributed by atoms with E-state index in [9.17, 15) is 9.18 Å². The second kappa shape index (κ2) is 7.85. The van der Waals surface area contributed by atoms with Crippen molar-refractivity contribution in [3.05, 3.63) is 83.1 Å². The van der Waals surface area contributed by atoms with E-state index in [-0.39, 0.29) is 23.6 Å². The largest absolute Gasteiger partial charge is 0.489 e. The number of halogens is 1. The molecule has 0 saturated heterocycles. The third-order valence-corrected chi connectivity index (χ3v) is 3.66. The van der Waals surface area contributed by atoms with Crippen LogP contribution < -0.4 is 10.1 Å². The first-order valence-corrected chi connectivity index (χ1v) is 7.81. The van der Waals surface area contributed by atoms with Crippen LogP contribution in [0.2, 0.25) is 0 Å². The minimum atomic E-state index is -0.665. The molecule has 1 N–H and O–H groups in total. The highest BCUT2D eigenvalue weighted by atomic mass is 19.1. The van der Waals surface area contributed by atoms with Gasteiger partial charge >= 0.3 is 0 Å². The first-order chi connectivity index (χ1) is 13.1. The van der Waals surface area contributed by atoms with Crippen LogP contribution in [0.3, 0.4) is 0 Å². The summed E-state index contributed by atoms with van der Waals surface area (Å²) in [6, 6.07) is 15.6. The van der Waals surface area contributed by atoms with Crippen molar-refractivity contribution in [2.24, 2.45) is 0 Å². The van der Waals surface area contributed by atoms with Gasteiger partial charge in [-0.2, -0.15) is 10.5 Å². The SMILES string of the molecule is N#Cc1cccc(OCc2ccoc2C(=O)Nc2ccc(F)c(C#N)c2)c1. The van der Waals surface area contributed by atoms with Gasteiger partial charge in [0.05, 0.1) is 23.5 Å². The summed E-state index contributed by atoms with van der Waals surface area (Å²) in [5, 5.41) is 20.3. The van der Waals surface area contributed by atoms with E-state index in [1.54, 1.807) is 36.4 Å². The predicted molar refractivity (Wildman–Crippen MR) is 93.3 cm³/mol. The minimum absolute atomic E-state index is 0.0364. The number of rotatable bonds is 5. The van der Waals surface area contributed by atoms with Crippen LogP contribution in [0.15, 0.2) is 59.2 Å². The van der Waals surface area contributed by atoms with Crippen LogP contribution in [-0.2, 0) is 6.61 Å². The summed E-state index contributed by atoms with van der Waals surface area (Å²) in [4.78, 5) is 12.4. The highest BCUT2D eigenvalue weighted by Crippen LogP contribution is 2.19. The molecule has 6 nitrogen and oxygen atoms in total. The number of carbonyl (C=O) groups is 1. The lowest BCUT2D eigenvalue weighted by atomic mass is 10.2. The van der Waals surface area contributed by atoms with Crippen LogP contribution in [0.5, 0.6) is 5.75 Å². The fraction of sp³-hybridized carbons (Fsp3) is 0.0500. The van der Waals surface area contributed by atoms with E-state index in [0.717, 1.165) is 6.07 Å².